The van der Waals surface area contributed by atoms with Gasteiger partial charge in [-0.05, 0) is 57.0 Å². The number of carbonyl (C=O) groups excluding carboxylic acids is 6. The first-order valence-corrected chi connectivity index (χ1v) is 23.2. The summed E-state index contributed by atoms with van der Waals surface area (Å²) in [5.74, 6) is -3.93. The Bertz CT molecular complexity index is 1770. The molecule has 0 saturated carbocycles. The van der Waals surface area contributed by atoms with Crippen LogP contribution < -0.4 is 15.4 Å². The van der Waals surface area contributed by atoms with Crippen LogP contribution in [0.1, 0.15) is 173 Å². The molecule has 0 aromatic heterocycles. The number of esters is 2. The van der Waals surface area contributed by atoms with Crippen molar-refractivity contribution in [1.82, 2.24) is 9.80 Å². The molecule has 0 spiro atoms. The van der Waals surface area contributed by atoms with Crippen molar-refractivity contribution in [3.05, 3.63) is 52.0 Å². The van der Waals surface area contributed by atoms with Crippen molar-refractivity contribution in [2.24, 2.45) is 0 Å². The van der Waals surface area contributed by atoms with Gasteiger partial charge in [0.2, 0.25) is 0 Å². The van der Waals surface area contributed by atoms with Crippen molar-refractivity contribution >= 4 is 70.3 Å². The minimum Gasteiger partial charge on any atom is -0.462 e. The number of ether oxygens (including phenoxy) is 2. The highest BCUT2D eigenvalue weighted by Gasteiger charge is 2.55. The van der Waals surface area contributed by atoms with Crippen molar-refractivity contribution in [2.75, 3.05) is 24.3 Å². The van der Waals surface area contributed by atoms with Crippen LogP contribution in [0.3, 0.4) is 0 Å². The summed E-state index contributed by atoms with van der Waals surface area (Å²) in [6.45, 7) is 7.63. The number of likely N-dealkylation sites (N-methyl/N-ethyl adjacent to an activating group) is 1. The van der Waals surface area contributed by atoms with Crippen molar-refractivity contribution in [2.45, 2.75) is 174 Å². The lowest BCUT2D eigenvalue weighted by atomic mass is 10.0. The fourth-order valence-electron chi connectivity index (χ4n) is 7.10. The lowest BCUT2D eigenvalue weighted by molar-refractivity contribution is -0.141. The van der Waals surface area contributed by atoms with Crippen LogP contribution in [-0.4, -0.2) is 70.7 Å². The second-order valence-corrected chi connectivity index (χ2v) is 17.3. The highest BCUT2D eigenvalue weighted by Crippen LogP contribution is 2.32. The highest BCUT2D eigenvalue weighted by atomic mass is 35.5. The van der Waals surface area contributed by atoms with E-state index in [0.29, 0.717) is 17.7 Å². The predicted octanol–water partition coefficient (Wildman–Crippen LogP) is 11.9. The number of hydrogen-bond acceptors (Lipinski definition) is 8. The molecule has 3 rings (SSSR count). The van der Waals surface area contributed by atoms with E-state index in [0.717, 1.165) is 43.4 Å². The zero-order valence-electron chi connectivity index (χ0n) is 37.0. The Labute approximate surface area is 373 Å². The molecule has 2 N–H and O–H groups in total. The average molecular weight is 888 g/mol. The maximum Gasteiger partial charge on any atom is 0.338 e. The molecule has 12 nitrogen and oxygen atoms in total. The minimum absolute atomic E-state index is 0.0226. The number of rotatable bonds is 29. The molecule has 0 radical (unpaired) electrons. The van der Waals surface area contributed by atoms with E-state index in [1.165, 1.54) is 134 Å². The predicted molar refractivity (Wildman–Crippen MR) is 242 cm³/mol. The van der Waals surface area contributed by atoms with Crippen LogP contribution in [0.4, 0.5) is 16.2 Å². The summed E-state index contributed by atoms with van der Waals surface area (Å²) < 4.78 is 11.0. The summed E-state index contributed by atoms with van der Waals surface area (Å²) in [5.41, 5.74) is -1.34. The number of carbonyl (C=O) groups is 6. The van der Waals surface area contributed by atoms with Gasteiger partial charge in [0.1, 0.15) is 11.3 Å². The number of urea groups is 1. The lowest BCUT2D eigenvalue weighted by Gasteiger charge is -2.25. The van der Waals surface area contributed by atoms with Crippen LogP contribution in [0.5, 0.6) is 5.75 Å². The quantitative estimate of drug-likeness (QED) is 0.0269. The Balaban J connectivity index is 1.65. The number of nitrogens with zero attached hydrogens (tertiary/aromatic N) is 2. The molecule has 0 bridgehead atoms. The molecule has 2 aromatic carbocycles. The van der Waals surface area contributed by atoms with Gasteiger partial charge >= 0.3 is 18.0 Å². The van der Waals surface area contributed by atoms with Gasteiger partial charge in [-0.25, -0.2) is 14.5 Å². The van der Waals surface area contributed by atoms with Gasteiger partial charge in [0, 0.05) is 19.5 Å². The molecule has 1 atom stereocenters. The second kappa shape index (κ2) is 27.0. The number of benzene rings is 2. The maximum absolute atomic E-state index is 14.1. The molecular weight excluding hydrogens is 819 g/mol. The lowest BCUT2D eigenvalue weighted by Crippen LogP contribution is -2.54. The molecule has 1 saturated heterocycles. The third-order valence-corrected chi connectivity index (χ3v) is 11.8. The van der Waals surface area contributed by atoms with Crippen LogP contribution in [0.2, 0.25) is 10.0 Å². The fourth-order valence-corrected chi connectivity index (χ4v) is 7.43. The molecule has 1 aliphatic rings. The minimum atomic E-state index is -2.05. The first-order valence-electron chi connectivity index (χ1n) is 22.4. The summed E-state index contributed by atoms with van der Waals surface area (Å²) >= 11 is 12.9. The summed E-state index contributed by atoms with van der Waals surface area (Å²) in [4.78, 5) is 82.7. The largest absolute Gasteiger partial charge is 0.462 e. The van der Waals surface area contributed by atoms with Crippen LogP contribution in [0, 0.1) is 0 Å². The highest BCUT2D eigenvalue weighted by molar-refractivity contribution is 6.35. The molecule has 2 aromatic rings. The maximum atomic E-state index is 14.1. The molecule has 61 heavy (non-hydrogen) atoms. The van der Waals surface area contributed by atoms with E-state index in [4.69, 9.17) is 32.7 Å². The Morgan fingerprint density at radius 1 is 0.656 bits per heavy atom. The van der Waals surface area contributed by atoms with E-state index in [-0.39, 0.29) is 45.8 Å². The van der Waals surface area contributed by atoms with Gasteiger partial charge in [-0.1, -0.05) is 153 Å². The van der Waals surface area contributed by atoms with Crippen LogP contribution >= 0.6 is 23.2 Å². The fraction of sp³-hybridized carbons (Fsp3) is 0.617. The van der Waals surface area contributed by atoms with Gasteiger partial charge in [-0.15, -0.1) is 0 Å². The Hall–Kier alpha value is -4.16. The standard InChI is InChI=1S/C47H68Cl2N4O8/c1-6-8-10-12-14-16-18-20-22-24-26-40(54)61-35-28-30-37(49)39(33-35)51-43(56)41(53-45(58)47(3,4)52(5)46(53)59)42(55)50-38-32-34(27-29-36(38)48)44(57)60-31-25-23-21-19-17-15-13-11-9-7-2/h27-30,32-33,41H,6-26,31H2,1-5H3,(H,50,55)(H,51,56). The Morgan fingerprint density at radius 3 is 1.61 bits per heavy atom. The molecule has 1 unspecified atom stereocenters. The van der Waals surface area contributed by atoms with Gasteiger partial charge in [0.15, 0.2) is 6.04 Å². The van der Waals surface area contributed by atoms with E-state index in [1.807, 2.05) is 0 Å². The summed E-state index contributed by atoms with van der Waals surface area (Å²) in [5, 5.41) is 5.16. The van der Waals surface area contributed by atoms with Crippen LogP contribution in [0.15, 0.2) is 36.4 Å². The number of nitrogens with one attached hydrogen (secondary N) is 2. The van der Waals surface area contributed by atoms with E-state index < -0.39 is 47.3 Å². The molecular formula is C47H68Cl2N4O8. The molecule has 14 heteroatoms. The Kier molecular flexibility index (Phi) is 22.7. The average Bonchev–Trinajstić information content (AvgIpc) is 3.37. The first-order chi connectivity index (χ1) is 29.2. The van der Waals surface area contributed by atoms with E-state index in [1.54, 1.807) is 0 Å². The number of amides is 5. The van der Waals surface area contributed by atoms with E-state index >= 15 is 0 Å². The monoisotopic (exact) mass is 886 g/mol. The molecule has 5 amide bonds. The number of unbranched alkanes of at least 4 members (excludes halogenated alkanes) is 18. The summed E-state index contributed by atoms with van der Waals surface area (Å²) in [6, 6.07) is 5.44. The van der Waals surface area contributed by atoms with Gasteiger partial charge in [0.25, 0.3) is 17.7 Å². The van der Waals surface area contributed by atoms with Gasteiger partial charge in [0.05, 0.1) is 33.6 Å². The number of imide groups is 1. The number of hydrogen-bond donors (Lipinski definition) is 2. The van der Waals surface area contributed by atoms with Crippen LogP contribution in [-0.2, 0) is 23.9 Å². The third kappa shape index (κ3) is 16.6. The van der Waals surface area contributed by atoms with E-state index in [9.17, 15) is 28.8 Å². The van der Waals surface area contributed by atoms with Crippen molar-refractivity contribution in [1.29, 1.82) is 0 Å². The molecule has 1 fully saturated rings. The molecule has 338 valence electrons. The van der Waals surface area contributed by atoms with Gasteiger partial charge in [-0.2, -0.15) is 0 Å². The normalized spacial score (nSPS) is 14.0. The summed E-state index contributed by atoms with van der Waals surface area (Å²) in [6.07, 6.45) is 22.9. The van der Waals surface area contributed by atoms with Crippen molar-refractivity contribution < 1.29 is 38.2 Å². The summed E-state index contributed by atoms with van der Waals surface area (Å²) in [7, 11) is 1.39. The molecule has 1 aliphatic heterocycles. The van der Waals surface area contributed by atoms with Crippen molar-refractivity contribution in [3.8, 4) is 5.75 Å². The topological polar surface area (TPSA) is 151 Å². The van der Waals surface area contributed by atoms with Gasteiger partial charge in [-0.3, -0.25) is 19.2 Å². The zero-order chi connectivity index (χ0) is 44.8. The SMILES string of the molecule is CCCCCCCCCCCCOC(=O)c1ccc(Cl)c(NC(=O)C(C(=O)Nc2cc(OC(=O)CCCCCCCCCCCC)ccc2Cl)N2C(=O)N(C)C(C)(C)C2=O)c1. The van der Waals surface area contributed by atoms with Crippen molar-refractivity contribution in [3.63, 3.8) is 0 Å². The Morgan fingerprint density at radius 2 is 1.11 bits per heavy atom. The smallest absolute Gasteiger partial charge is 0.338 e. The zero-order valence-corrected chi connectivity index (χ0v) is 38.5. The van der Waals surface area contributed by atoms with E-state index in [2.05, 4.69) is 24.5 Å². The first kappa shape index (κ1) is 51.2. The molecule has 1 heterocycles. The van der Waals surface area contributed by atoms with Gasteiger partial charge < -0.3 is 25.0 Å². The van der Waals surface area contributed by atoms with Crippen LogP contribution in [0.25, 0.3) is 0 Å². The second-order valence-electron chi connectivity index (χ2n) is 16.5. The number of halogens is 2. The third-order valence-electron chi connectivity index (χ3n) is 11.2. The number of anilines is 2. The molecule has 0 aliphatic carbocycles.